The van der Waals surface area contributed by atoms with Crippen molar-refractivity contribution in [3.8, 4) is 0 Å². The Labute approximate surface area is 174 Å². The number of aryl methyl sites for hydroxylation is 1. The first-order chi connectivity index (χ1) is 13.8. The largest absolute Gasteiger partial charge is 0.450 e. The first kappa shape index (κ1) is 23.0. The standard InChI is InChI=1S/C20H30N4O4S/c1-6-12(4)9-14-13(5)29-19-17(14)18(26)21-15(22-19)10-24(7-2)11-16(25)23-20(27)28-8-3/h12H,6-11H2,1-5H3,(H,21,22,26)(H,23,25,27)/p+1/t12-/m0/s1. The lowest BCUT2D eigenvalue weighted by Gasteiger charge is -2.16. The van der Waals surface area contributed by atoms with E-state index in [1.54, 1.807) is 18.3 Å². The molecular formula is C20H31N4O4S+. The molecule has 160 valence electrons. The van der Waals surface area contributed by atoms with Gasteiger partial charge in [0.2, 0.25) is 0 Å². The third kappa shape index (κ3) is 6.11. The number of amides is 2. The van der Waals surface area contributed by atoms with Gasteiger partial charge in [-0.15, -0.1) is 11.3 Å². The number of likely N-dealkylation sites (N-methyl/N-ethyl adjacent to an activating group) is 1. The van der Waals surface area contributed by atoms with Crippen LogP contribution in [-0.4, -0.2) is 41.7 Å². The lowest BCUT2D eigenvalue weighted by molar-refractivity contribution is -0.904. The van der Waals surface area contributed by atoms with E-state index in [0.717, 1.165) is 33.0 Å². The number of alkyl carbamates (subject to hydrolysis) is 1. The quantitative estimate of drug-likeness (QED) is 0.568. The van der Waals surface area contributed by atoms with Crippen LogP contribution in [0.15, 0.2) is 4.79 Å². The van der Waals surface area contributed by atoms with Crippen molar-refractivity contribution in [1.29, 1.82) is 0 Å². The van der Waals surface area contributed by atoms with Crippen LogP contribution in [0.2, 0.25) is 0 Å². The number of thiophene rings is 1. The third-order valence-corrected chi connectivity index (χ3v) is 6.05. The summed E-state index contributed by atoms with van der Waals surface area (Å²) >= 11 is 1.54. The molecule has 0 aliphatic carbocycles. The van der Waals surface area contributed by atoms with E-state index in [1.165, 1.54) is 0 Å². The molecule has 2 rings (SSSR count). The van der Waals surface area contributed by atoms with E-state index < -0.39 is 12.0 Å². The summed E-state index contributed by atoms with van der Waals surface area (Å²) in [5, 5.41) is 2.89. The minimum atomic E-state index is -0.746. The molecule has 0 fully saturated rings. The van der Waals surface area contributed by atoms with E-state index in [0.29, 0.717) is 30.2 Å². The van der Waals surface area contributed by atoms with Gasteiger partial charge in [-0.1, -0.05) is 20.3 Å². The van der Waals surface area contributed by atoms with E-state index in [4.69, 9.17) is 4.74 Å². The number of aromatic nitrogens is 2. The molecule has 2 heterocycles. The summed E-state index contributed by atoms with van der Waals surface area (Å²) in [5.74, 6) is 0.620. The maximum absolute atomic E-state index is 12.8. The maximum Gasteiger partial charge on any atom is 0.414 e. The second kappa shape index (κ2) is 10.5. The number of fused-ring (bicyclic) bond motifs is 1. The van der Waals surface area contributed by atoms with Crippen molar-refractivity contribution in [2.45, 2.75) is 54.0 Å². The molecule has 29 heavy (non-hydrogen) atoms. The van der Waals surface area contributed by atoms with Gasteiger partial charge in [-0.25, -0.2) is 9.78 Å². The number of nitrogens with one attached hydrogen (secondary N) is 3. The number of carbonyl (C=O) groups is 2. The highest BCUT2D eigenvalue weighted by Gasteiger charge is 2.20. The Morgan fingerprint density at radius 3 is 2.66 bits per heavy atom. The van der Waals surface area contributed by atoms with Crippen LogP contribution in [0.3, 0.4) is 0 Å². The zero-order valence-corrected chi connectivity index (χ0v) is 18.6. The molecule has 0 spiro atoms. The average molecular weight is 424 g/mol. The molecule has 0 aliphatic rings. The van der Waals surface area contributed by atoms with Crippen LogP contribution in [0.1, 0.15) is 50.4 Å². The van der Waals surface area contributed by atoms with Gasteiger partial charge < -0.3 is 14.6 Å². The Kier molecular flexibility index (Phi) is 8.33. The number of imide groups is 1. The van der Waals surface area contributed by atoms with Crippen molar-refractivity contribution in [3.05, 3.63) is 26.6 Å². The van der Waals surface area contributed by atoms with E-state index in [2.05, 4.69) is 29.1 Å². The molecule has 2 atom stereocenters. The van der Waals surface area contributed by atoms with E-state index in [1.807, 2.05) is 13.8 Å². The summed E-state index contributed by atoms with van der Waals surface area (Å²) in [6.45, 7) is 11.3. The van der Waals surface area contributed by atoms with Crippen molar-refractivity contribution >= 4 is 33.6 Å². The molecule has 3 N–H and O–H groups in total. The lowest BCUT2D eigenvalue weighted by Crippen LogP contribution is -3.11. The van der Waals surface area contributed by atoms with Crippen LogP contribution in [0.25, 0.3) is 10.2 Å². The van der Waals surface area contributed by atoms with Gasteiger partial charge in [0, 0.05) is 4.88 Å². The van der Waals surface area contributed by atoms with Gasteiger partial charge in [0.15, 0.2) is 12.4 Å². The highest BCUT2D eigenvalue weighted by Crippen LogP contribution is 2.29. The van der Waals surface area contributed by atoms with E-state index in [-0.39, 0.29) is 18.7 Å². The fourth-order valence-electron chi connectivity index (χ4n) is 3.14. The molecule has 2 amide bonds. The Hall–Kier alpha value is -2.26. The fraction of sp³-hybridized carbons (Fsp3) is 0.600. The van der Waals surface area contributed by atoms with Crippen LogP contribution >= 0.6 is 11.3 Å². The number of hydrogen-bond acceptors (Lipinski definition) is 6. The topological polar surface area (TPSA) is 106 Å². The molecule has 8 nitrogen and oxygen atoms in total. The van der Waals surface area contributed by atoms with Gasteiger partial charge in [-0.05, 0) is 38.7 Å². The smallest absolute Gasteiger partial charge is 0.414 e. The van der Waals surface area contributed by atoms with Crippen molar-refractivity contribution in [1.82, 2.24) is 15.3 Å². The SMILES string of the molecule is CCOC(=O)NC(=O)C[NH+](CC)Cc1nc2sc(C)c(C[C@@H](C)CC)c2c(=O)[nH]1. The van der Waals surface area contributed by atoms with Crippen molar-refractivity contribution < 1.29 is 19.2 Å². The molecular weight excluding hydrogens is 392 g/mol. The molecule has 0 bridgehead atoms. The normalized spacial score (nSPS) is 13.3. The summed E-state index contributed by atoms with van der Waals surface area (Å²) in [4.78, 5) is 46.5. The number of quaternary nitrogens is 1. The Morgan fingerprint density at radius 1 is 1.31 bits per heavy atom. The lowest BCUT2D eigenvalue weighted by atomic mass is 9.98. The van der Waals surface area contributed by atoms with Crippen LogP contribution < -0.4 is 15.8 Å². The van der Waals surface area contributed by atoms with Gasteiger partial charge in [-0.3, -0.25) is 14.9 Å². The maximum atomic E-state index is 12.8. The predicted molar refractivity (Wildman–Crippen MR) is 113 cm³/mol. The Bertz CT molecular complexity index is 921. The van der Waals surface area contributed by atoms with Crippen LogP contribution in [-0.2, 0) is 22.5 Å². The summed E-state index contributed by atoms with van der Waals surface area (Å²) in [5.41, 5.74) is 0.965. The minimum absolute atomic E-state index is 0.0831. The molecule has 0 radical (unpaired) electrons. The van der Waals surface area contributed by atoms with Gasteiger partial charge in [-0.2, -0.15) is 0 Å². The van der Waals surface area contributed by atoms with Crippen molar-refractivity contribution in [3.63, 3.8) is 0 Å². The Balaban J connectivity index is 2.18. The van der Waals surface area contributed by atoms with Crippen LogP contribution in [0.4, 0.5) is 4.79 Å². The molecule has 0 saturated carbocycles. The predicted octanol–water partition coefficient (Wildman–Crippen LogP) is 1.56. The number of nitrogens with zero attached hydrogens (tertiary/aromatic N) is 1. The molecule has 0 saturated heterocycles. The third-order valence-electron chi connectivity index (χ3n) is 5.01. The van der Waals surface area contributed by atoms with Crippen LogP contribution in [0, 0.1) is 12.8 Å². The summed E-state index contributed by atoms with van der Waals surface area (Å²) < 4.78 is 4.72. The molecule has 9 heteroatoms. The number of H-pyrrole nitrogens is 1. The average Bonchev–Trinajstić information content (AvgIpc) is 2.96. The molecule has 0 aliphatic heterocycles. The number of carbonyl (C=O) groups excluding carboxylic acids is 2. The van der Waals surface area contributed by atoms with E-state index in [9.17, 15) is 14.4 Å². The molecule has 2 aromatic heterocycles. The van der Waals surface area contributed by atoms with Gasteiger partial charge in [0.05, 0.1) is 18.5 Å². The second-order valence-corrected chi connectivity index (χ2v) is 8.48. The zero-order valence-electron chi connectivity index (χ0n) is 17.8. The van der Waals surface area contributed by atoms with Gasteiger partial charge in [0.1, 0.15) is 11.4 Å². The zero-order chi connectivity index (χ0) is 21.6. The van der Waals surface area contributed by atoms with Gasteiger partial charge in [0.25, 0.3) is 11.5 Å². The second-order valence-electron chi connectivity index (χ2n) is 7.27. The highest BCUT2D eigenvalue weighted by atomic mass is 32.1. The summed E-state index contributed by atoms with van der Waals surface area (Å²) in [6, 6.07) is 0. The van der Waals surface area contributed by atoms with E-state index >= 15 is 0 Å². The molecule has 0 aromatic carbocycles. The van der Waals surface area contributed by atoms with Crippen LogP contribution in [0.5, 0.6) is 0 Å². The number of ether oxygens (including phenoxy) is 1. The number of hydrogen-bond donors (Lipinski definition) is 3. The van der Waals surface area contributed by atoms with Crippen molar-refractivity contribution in [2.24, 2.45) is 5.92 Å². The summed E-state index contributed by atoms with van der Waals surface area (Å²) in [6.07, 6.45) is 1.18. The highest BCUT2D eigenvalue weighted by molar-refractivity contribution is 7.18. The first-order valence-electron chi connectivity index (χ1n) is 10.1. The monoisotopic (exact) mass is 423 g/mol. The summed E-state index contributed by atoms with van der Waals surface area (Å²) in [7, 11) is 0. The fourth-order valence-corrected chi connectivity index (χ4v) is 4.22. The van der Waals surface area contributed by atoms with Crippen molar-refractivity contribution in [2.75, 3.05) is 19.7 Å². The van der Waals surface area contributed by atoms with Gasteiger partial charge >= 0.3 is 6.09 Å². The first-order valence-corrected chi connectivity index (χ1v) is 10.9. The Morgan fingerprint density at radius 2 is 2.03 bits per heavy atom. The number of aromatic amines is 1. The number of rotatable bonds is 9. The molecule has 2 aromatic rings. The minimum Gasteiger partial charge on any atom is -0.450 e. The molecule has 1 unspecified atom stereocenters.